The van der Waals surface area contributed by atoms with E-state index in [1.807, 2.05) is 29.6 Å². The summed E-state index contributed by atoms with van der Waals surface area (Å²) in [4.78, 5) is 14.0. The summed E-state index contributed by atoms with van der Waals surface area (Å²) in [5.41, 5.74) is 10.3. The molecule has 0 bridgehead atoms. The molecule has 132 valence electrons. The summed E-state index contributed by atoms with van der Waals surface area (Å²) >= 11 is 1.51. The van der Waals surface area contributed by atoms with E-state index in [1.54, 1.807) is 0 Å². The van der Waals surface area contributed by atoms with Crippen LogP contribution in [0.5, 0.6) is 5.75 Å². The Bertz CT molecular complexity index is 1190. The van der Waals surface area contributed by atoms with Crippen molar-refractivity contribution in [1.29, 1.82) is 0 Å². The lowest BCUT2D eigenvalue weighted by Crippen LogP contribution is -2.17. The Kier molecular flexibility index (Phi) is 3.49. The van der Waals surface area contributed by atoms with Crippen LogP contribution in [0.1, 0.15) is 26.4 Å². The first-order valence-electron chi connectivity index (χ1n) is 9.02. The number of carbonyl (C=O) groups is 1. The van der Waals surface area contributed by atoms with Gasteiger partial charge in [-0.25, -0.2) is 0 Å². The molecule has 0 spiro atoms. The van der Waals surface area contributed by atoms with Crippen molar-refractivity contribution < 1.29 is 9.53 Å². The fourth-order valence-corrected chi connectivity index (χ4v) is 5.07. The van der Waals surface area contributed by atoms with Gasteiger partial charge in [-0.2, -0.15) is 0 Å². The third-order valence-electron chi connectivity index (χ3n) is 4.91. The minimum atomic E-state index is -1.61. The molecule has 2 aromatic carbocycles. The topological polar surface area (TPSA) is 26.3 Å². The Labute approximate surface area is 163 Å². The summed E-state index contributed by atoms with van der Waals surface area (Å²) in [7, 11) is -1.61. The van der Waals surface area contributed by atoms with E-state index in [-0.39, 0.29) is 5.78 Å². The number of hydrogen-bond donors (Lipinski definition) is 0. The van der Waals surface area contributed by atoms with E-state index in [0.29, 0.717) is 6.61 Å². The molecule has 1 aromatic heterocycles. The average molecular weight is 387 g/mol. The number of ether oxygens (including phenoxy) is 1. The van der Waals surface area contributed by atoms with Gasteiger partial charge in [-0.1, -0.05) is 49.8 Å². The van der Waals surface area contributed by atoms with Crippen LogP contribution in [-0.2, 0) is 6.61 Å². The summed E-state index contributed by atoms with van der Waals surface area (Å²) in [5, 5.41) is 1.98. The number of rotatable bonds is 0. The lowest BCUT2D eigenvalue weighted by Gasteiger charge is -2.24. The van der Waals surface area contributed by atoms with Gasteiger partial charge in [0.2, 0.25) is 5.78 Å². The molecular weight excluding hydrogens is 368 g/mol. The molecule has 0 amide bonds. The van der Waals surface area contributed by atoms with Crippen LogP contribution >= 0.6 is 11.3 Å². The van der Waals surface area contributed by atoms with Gasteiger partial charge in [0.1, 0.15) is 20.4 Å². The fraction of sp³-hybridized carbons (Fsp3) is 0.174. The molecule has 0 unspecified atom stereocenters. The molecule has 1 aliphatic heterocycles. The molecule has 1 aliphatic carbocycles. The molecule has 3 aromatic rings. The zero-order valence-electron chi connectivity index (χ0n) is 15.5. The van der Waals surface area contributed by atoms with Crippen LogP contribution in [-0.4, -0.2) is 13.9 Å². The molecule has 5 rings (SSSR count). The number of thiophene rings is 1. The van der Waals surface area contributed by atoms with Gasteiger partial charge in [-0.15, -0.1) is 16.9 Å². The molecular formula is C23H18O2SSi. The van der Waals surface area contributed by atoms with Crippen LogP contribution in [0, 0.1) is 11.5 Å². The smallest absolute Gasteiger partial charge is 0.205 e. The van der Waals surface area contributed by atoms with Crippen molar-refractivity contribution >= 4 is 25.2 Å². The molecule has 0 N–H and O–H groups in total. The normalized spacial score (nSPS) is 13.7. The number of fused-ring (bicyclic) bond motifs is 6. The van der Waals surface area contributed by atoms with Crippen LogP contribution in [0.2, 0.25) is 19.6 Å². The maximum absolute atomic E-state index is 13.2. The summed E-state index contributed by atoms with van der Waals surface area (Å²) in [6, 6.07) is 12.3. The largest absolute Gasteiger partial charge is 0.488 e. The molecule has 0 radical (unpaired) electrons. The van der Waals surface area contributed by atoms with Crippen molar-refractivity contribution in [2.24, 2.45) is 0 Å². The molecule has 27 heavy (non-hydrogen) atoms. The summed E-state index contributed by atoms with van der Waals surface area (Å²) in [5.74, 6) is 4.36. The van der Waals surface area contributed by atoms with Gasteiger partial charge in [0, 0.05) is 22.3 Å². The Morgan fingerprint density at radius 1 is 1.04 bits per heavy atom. The second-order valence-corrected chi connectivity index (χ2v) is 13.7. The number of ketones is 1. The minimum absolute atomic E-state index is 0.0979. The Balaban J connectivity index is 1.88. The Morgan fingerprint density at radius 3 is 2.67 bits per heavy atom. The van der Waals surface area contributed by atoms with E-state index >= 15 is 0 Å². The maximum atomic E-state index is 13.2. The van der Waals surface area contributed by atoms with Crippen LogP contribution in [0.3, 0.4) is 0 Å². The van der Waals surface area contributed by atoms with Gasteiger partial charge in [0.05, 0.1) is 4.88 Å². The van der Waals surface area contributed by atoms with Gasteiger partial charge >= 0.3 is 0 Å². The monoisotopic (exact) mass is 386 g/mol. The van der Waals surface area contributed by atoms with Crippen molar-refractivity contribution in [3.63, 3.8) is 0 Å². The first kappa shape index (κ1) is 16.6. The third-order valence-corrected chi connectivity index (χ3v) is 6.70. The quantitative estimate of drug-likeness (QED) is 0.284. The SMILES string of the molecule is C[Si](C)(C)C#Cc1c2c(cc3c1-c1ccccc1CO3)-c1ccsc1C2=O. The molecule has 2 nitrogen and oxygen atoms in total. The van der Waals surface area contributed by atoms with Crippen LogP contribution in [0.4, 0.5) is 0 Å². The molecule has 0 saturated heterocycles. The molecule has 0 fully saturated rings. The van der Waals surface area contributed by atoms with E-state index in [0.717, 1.165) is 49.6 Å². The van der Waals surface area contributed by atoms with Crippen molar-refractivity contribution in [1.82, 2.24) is 0 Å². The Morgan fingerprint density at radius 2 is 1.85 bits per heavy atom. The molecule has 0 atom stereocenters. The highest BCUT2D eigenvalue weighted by molar-refractivity contribution is 7.13. The number of carbonyl (C=O) groups excluding carboxylic acids is 1. The number of benzene rings is 2. The lowest BCUT2D eigenvalue weighted by atomic mass is 9.88. The van der Waals surface area contributed by atoms with Crippen LogP contribution < -0.4 is 4.74 Å². The minimum Gasteiger partial charge on any atom is -0.488 e. The molecule has 2 aliphatic rings. The van der Waals surface area contributed by atoms with Crippen molar-refractivity contribution in [3.8, 4) is 39.5 Å². The molecule has 4 heteroatoms. The van der Waals surface area contributed by atoms with Gasteiger partial charge in [-0.3, -0.25) is 4.79 Å². The van der Waals surface area contributed by atoms with E-state index in [9.17, 15) is 4.79 Å². The lowest BCUT2D eigenvalue weighted by molar-refractivity contribution is 0.104. The average Bonchev–Trinajstić information content (AvgIpc) is 3.22. The summed E-state index contributed by atoms with van der Waals surface area (Å²) in [6.45, 7) is 7.21. The Hall–Kier alpha value is -2.61. The fourth-order valence-electron chi connectivity index (χ4n) is 3.72. The van der Waals surface area contributed by atoms with Crippen molar-refractivity contribution in [2.75, 3.05) is 0 Å². The third kappa shape index (κ3) is 2.50. The van der Waals surface area contributed by atoms with Crippen molar-refractivity contribution in [3.05, 3.63) is 63.3 Å². The van der Waals surface area contributed by atoms with Gasteiger partial charge in [0.25, 0.3) is 0 Å². The molecule has 0 saturated carbocycles. The summed E-state index contributed by atoms with van der Waals surface area (Å²) < 4.78 is 6.11. The van der Waals surface area contributed by atoms with E-state index < -0.39 is 8.07 Å². The second-order valence-electron chi connectivity index (χ2n) is 7.99. The van der Waals surface area contributed by atoms with E-state index in [4.69, 9.17) is 4.74 Å². The first-order chi connectivity index (χ1) is 12.9. The highest BCUT2D eigenvalue weighted by Gasteiger charge is 2.35. The highest BCUT2D eigenvalue weighted by atomic mass is 32.1. The van der Waals surface area contributed by atoms with Gasteiger partial charge in [-0.05, 0) is 34.2 Å². The predicted octanol–water partition coefficient (Wildman–Crippen LogP) is 5.75. The van der Waals surface area contributed by atoms with E-state index in [1.165, 1.54) is 11.3 Å². The summed E-state index contributed by atoms with van der Waals surface area (Å²) in [6.07, 6.45) is 0. The van der Waals surface area contributed by atoms with E-state index in [2.05, 4.69) is 43.2 Å². The van der Waals surface area contributed by atoms with Crippen LogP contribution in [0.15, 0.2) is 41.8 Å². The second kappa shape index (κ2) is 5.69. The van der Waals surface area contributed by atoms with Crippen molar-refractivity contribution in [2.45, 2.75) is 26.2 Å². The van der Waals surface area contributed by atoms with Gasteiger partial charge < -0.3 is 4.74 Å². The maximum Gasteiger partial charge on any atom is 0.205 e. The number of hydrogen-bond acceptors (Lipinski definition) is 3. The van der Waals surface area contributed by atoms with Crippen LogP contribution in [0.25, 0.3) is 22.3 Å². The van der Waals surface area contributed by atoms with Gasteiger partial charge in [0.15, 0.2) is 0 Å². The zero-order chi connectivity index (χ0) is 18.8. The molecule has 2 heterocycles. The first-order valence-corrected chi connectivity index (χ1v) is 13.4. The zero-order valence-corrected chi connectivity index (χ0v) is 17.3. The highest BCUT2D eigenvalue weighted by Crippen LogP contribution is 2.49. The predicted molar refractivity (Wildman–Crippen MR) is 113 cm³/mol. The standard InChI is InChI=1S/C23H18O2SSi/c1-27(2,3)11-9-17-20-15-7-5-4-6-14(15)13-25-19(20)12-18-16-8-10-26-23(16)22(24)21(17)18/h4-8,10,12H,13H2,1-3H3.